The number of ether oxygens (including phenoxy) is 1. The highest BCUT2D eigenvalue weighted by Gasteiger charge is 2.20. The van der Waals surface area contributed by atoms with E-state index in [-0.39, 0.29) is 22.3 Å². The predicted octanol–water partition coefficient (Wildman–Crippen LogP) is 3.11. The van der Waals surface area contributed by atoms with Crippen molar-refractivity contribution in [1.29, 1.82) is 0 Å². The Balaban J connectivity index is 2.67. The van der Waals surface area contributed by atoms with Gasteiger partial charge in [-0.25, -0.2) is 14.8 Å². The number of rotatable bonds is 2. The summed E-state index contributed by atoms with van der Waals surface area (Å²) >= 11 is 12.0. The van der Waals surface area contributed by atoms with Crippen molar-refractivity contribution in [1.82, 2.24) is 9.97 Å². The van der Waals surface area contributed by atoms with Crippen molar-refractivity contribution in [2.45, 2.75) is 6.92 Å². The first kappa shape index (κ1) is 12.1. The van der Waals surface area contributed by atoms with E-state index in [2.05, 4.69) is 9.97 Å². The molecule has 0 aliphatic rings. The van der Waals surface area contributed by atoms with E-state index in [9.17, 15) is 4.79 Å². The van der Waals surface area contributed by atoms with Gasteiger partial charge in [0.05, 0.1) is 11.6 Å². The summed E-state index contributed by atoms with van der Waals surface area (Å²) < 4.78 is 4.87. The highest BCUT2D eigenvalue weighted by molar-refractivity contribution is 6.42. The van der Waals surface area contributed by atoms with Gasteiger partial charge in [-0.15, -0.1) is 0 Å². The van der Waals surface area contributed by atoms with E-state index in [0.29, 0.717) is 11.0 Å². The molecular formula is C11H8Cl2N2O2. The maximum Gasteiger partial charge on any atom is 0.342 e. The number of aromatic nitrogens is 2. The topological polar surface area (TPSA) is 52.1 Å². The Labute approximate surface area is 108 Å². The van der Waals surface area contributed by atoms with Crippen LogP contribution >= 0.6 is 23.2 Å². The summed E-state index contributed by atoms with van der Waals surface area (Å²) in [6.07, 6.45) is 1.58. The second kappa shape index (κ2) is 4.85. The lowest BCUT2D eigenvalue weighted by molar-refractivity contribution is 0.0526. The summed E-state index contributed by atoms with van der Waals surface area (Å²) in [6.45, 7) is 1.95. The predicted molar refractivity (Wildman–Crippen MR) is 65.5 cm³/mol. The number of carbonyl (C=O) groups excluding carboxylic acids is 1. The molecule has 4 nitrogen and oxygen atoms in total. The van der Waals surface area contributed by atoms with Crippen LogP contribution in [0.25, 0.3) is 11.0 Å². The van der Waals surface area contributed by atoms with Gasteiger partial charge in [0, 0.05) is 11.6 Å². The van der Waals surface area contributed by atoms with Crippen LogP contribution in [0.3, 0.4) is 0 Å². The van der Waals surface area contributed by atoms with Gasteiger partial charge in [0.2, 0.25) is 0 Å². The normalized spacial score (nSPS) is 10.5. The number of halogens is 2. The number of nitrogens with zero attached hydrogens (tertiary/aromatic N) is 2. The van der Waals surface area contributed by atoms with Gasteiger partial charge >= 0.3 is 5.97 Å². The molecule has 0 unspecified atom stereocenters. The fraction of sp³-hybridized carbons (Fsp3) is 0.182. The summed E-state index contributed by atoms with van der Waals surface area (Å²) in [6, 6.07) is 3.43. The lowest BCUT2D eigenvalue weighted by atomic mass is 10.2. The number of hydrogen-bond acceptors (Lipinski definition) is 4. The van der Waals surface area contributed by atoms with E-state index >= 15 is 0 Å². The van der Waals surface area contributed by atoms with Crippen LogP contribution in [0.4, 0.5) is 0 Å². The minimum atomic E-state index is -0.583. The maximum absolute atomic E-state index is 11.7. The third-order valence-electron chi connectivity index (χ3n) is 2.13. The molecule has 0 atom stereocenters. The Bertz CT molecular complexity index is 587. The average Bonchev–Trinajstić information content (AvgIpc) is 2.29. The van der Waals surface area contributed by atoms with Crippen LogP contribution in [0.15, 0.2) is 18.3 Å². The molecular weight excluding hydrogens is 263 g/mol. The molecule has 0 radical (unpaired) electrons. The van der Waals surface area contributed by atoms with Crippen LogP contribution in [0.1, 0.15) is 17.3 Å². The zero-order chi connectivity index (χ0) is 12.4. The third kappa shape index (κ3) is 2.18. The molecule has 0 fully saturated rings. The SMILES string of the molecule is CCOC(=O)c1c(Cl)nc2ncccc2c1Cl. The number of hydrogen-bond donors (Lipinski definition) is 0. The molecule has 2 aromatic rings. The van der Waals surface area contributed by atoms with Gasteiger partial charge in [0.1, 0.15) is 10.7 Å². The van der Waals surface area contributed by atoms with Crippen LogP contribution in [-0.2, 0) is 4.74 Å². The number of pyridine rings is 2. The average molecular weight is 271 g/mol. The number of fused-ring (bicyclic) bond motifs is 1. The van der Waals surface area contributed by atoms with Crippen LogP contribution in [0.2, 0.25) is 10.2 Å². The summed E-state index contributed by atoms with van der Waals surface area (Å²) in [5, 5.41) is 0.785. The molecule has 2 heterocycles. The second-order valence-electron chi connectivity index (χ2n) is 3.19. The highest BCUT2D eigenvalue weighted by Crippen LogP contribution is 2.30. The Morgan fingerprint density at radius 2 is 2.24 bits per heavy atom. The first-order chi connectivity index (χ1) is 8.15. The fourth-order valence-corrected chi connectivity index (χ4v) is 2.02. The largest absolute Gasteiger partial charge is 0.462 e. The van der Waals surface area contributed by atoms with Crippen LogP contribution < -0.4 is 0 Å². The standard InChI is InChI=1S/C11H8Cl2N2O2/c1-2-17-11(16)7-8(12)6-4-3-5-14-10(6)15-9(7)13/h3-5H,2H2,1H3. The zero-order valence-corrected chi connectivity index (χ0v) is 10.4. The molecule has 0 spiro atoms. The molecule has 88 valence electrons. The van der Waals surface area contributed by atoms with Gasteiger partial charge in [-0.2, -0.15) is 0 Å². The van der Waals surface area contributed by atoms with Crippen molar-refractivity contribution < 1.29 is 9.53 Å². The zero-order valence-electron chi connectivity index (χ0n) is 8.91. The van der Waals surface area contributed by atoms with Crippen molar-refractivity contribution >= 4 is 40.2 Å². The molecule has 0 aromatic carbocycles. The Hall–Kier alpha value is -1.39. The Morgan fingerprint density at radius 1 is 1.47 bits per heavy atom. The summed E-state index contributed by atoms with van der Waals surface area (Å²) in [5.41, 5.74) is 0.478. The molecule has 0 N–H and O–H groups in total. The smallest absolute Gasteiger partial charge is 0.342 e. The molecule has 0 saturated heterocycles. The van der Waals surface area contributed by atoms with Crippen LogP contribution in [0, 0.1) is 0 Å². The molecule has 0 aliphatic heterocycles. The monoisotopic (exact) mass is 270 g/mol. The molecule has 2 rings (SSSR count). The van der Waals surface area contributed by atoms with E-state index in [1.807, 2.05) is 0 Å². The molecule has 2 aromatic heterocycles. The van der Waals surface area contributed by atoms with Gasteiger partial charge in [0.15, 0.2) is 5.65 Å². The molecule has 0 saturated carbocycles. The molecule has 17 heavy (non-hydrogen) atoms. The van der Waals surface area contributed by atoms with Crippen molar-refractivity contribution in [3.8, 4) is 0 Å². The van der Waals surface area contributed by atoms with Crippen LogP contribution in [-0.4, -0.2) is 22.5 Å². The quantitative estimate of drug-likeness (QED) is 0.622. The number of esters is 1. The molecule has 6 heteroatoms. The Kier molecular flexibility index (Phi) is 3.45. The van der Waals surface area contributed by atoms with E-state index in [0.717, 1.165) is 0 Å². The molecule has 0 amide bonds. The van der Waals surface area contributed by atoms with Gasteiger partial charge in [-0.3, -0.25) is 0 Å². The van der Waals surface area contributed by atoms with Gasteiger partial charge in [-0.1, -0.05) is 23.2 Å². The van der Waals surface area contributed by atoms with E-state index < -0.39 is 5.97 Å². The lowest BCUT2D eigenvalue weighted by Gasteiger charge is -2.07. The van der Waals surface area contributed by atoms with Crippen molar-refractivity contribution in [3.63, 3.8) is 0 Å². The molecule has 0 bridgehead atoms. The molecule has 0 aliphatic carbocycles. The highest BCUT2D eigenvalue weighted by atomic mass is 35.5. The van der Waals surface area contributed by atoms with Gasteiger partial charge < -0.3 is 4.74 Å². The Morgan fingerprint density at radius 3 is 2.94 bits per heavy atom. The maximum atomic E-state index is 11.7. The van der Waals surface area contributed by atoms with Gasteiger partial charge in [0.25, 0.3) is 0 Å². The second-order valence-corrected chi connectivity index (χ2v) is 3.92. The van der Waals surface area contributed by atoms with E-state index in [1.165, 1.54) is 0 Å². The first-order valence-corrected chi connectivity index (χ1v) is 5.67. The van der Waals surface area contributed by atoms with Crippen LogP contribution in [0.5, 0.6) is 0 Å². The summed E-state index contributed by atoms with van der Waals surface area (Å²) in [7, 11) is 0. The van der Waals surface area contributed by atoms with Crippen molar-refractivity contribution in [2.75, 3.05) is 6.61 Å². The first-order valence-electron chi connectivity index (χ1n) is 4.92. The van der Waals surface area contributed by atoms with E-state index in [4.69, 9.17) is 27.9 Å². The summed E-state index contributed by atoms with van der Waals surface area (Å²) in [5.74, 6) is -0.583. The minimum Gasteiger partial charge on any atom is -0.462 e. The number of carbonyl (C=O) groups is 1. The van der Waals surface area contributed by atoms with Crippen molar-refractivity contribution in [3.05, 3.63) is 34.1 Å². The summed E-state index contributed by atoms with van der Waals surface area (Å²) in [4.78, 5) is 19.7. The minimum absolute atomic E-state index is 0.000324. The fourth-order valence-electron chi connectivity index (χ4n) is 1.41. The van der Waals surface area contributed by atoms with E-state index in [1.54, 1.807) is 25.3 Å². The third-order valence-corrected chi connectivity index (χ3v) is 2.80. The van der Waals surface area contributed by atoms with Crippen molar-refractivity contribution in [2.24, 2.45) is 0 Å². The lowest BCUT2D eigenvalue weighted by Crippen LogP contribution is -2.08. The van der Waals surface area contributed by atoms with Gasteiger partial charge in [-0.05, 0) is 19.1 Å².